The zero-order chi connectivity index (χ0) is 11.6. The molecule has 0 aromatic heterocycles. The number of aliphatic hydroxyl groups is 3. The Balaban J connectivity index is 2.73. The lowest BCUT2D eigenvalue weighted by atomic mass is 10.0. The quantitative estimate of drug-likeness (QED) is 0.288. The van der Waals surface area contributed by atoms with Crippen molar-refractivity contribution in [3.8, 4) is 0 Å². The maximum absolute atomic E-state index is 10.9. The van der Waals surface area contributed by atoms with Crippen LogP contribution in [0.2, 0.25) is 0 Å². The van der Waals surface area contributed by atoms with E-state index < -0.39 is 30.0 Å². The van der Waals surface area contributed by atoms with E-state index in [2.05, 4.69) is 17.9 Å². The molecule has 88 valence electrons. The summed E-state index contributed by atoms with van der Waals surface area (Å²) >= 11 is 4.07. The van der Waals surface area contributed by atoms with Gasteiger partial charge in [0.15, 0.2) is 5.06 Å². The summed E-state index contributed by atoms with van der Waals surface area (Å²) < 4.78 is 5.19. The van der Waals surface area contributed by atoms with Crippen LogP contribution in [0.5, 0.6) is 0 Å². The second-order valence-corrected chi connectivity index (χ2v) is 4.29. The van der Waals surface area contributed by atoms with E-state index in [-0.39, 0.29) is 12.3 Å². The van der Waals surface area contributed by atoms with E-state index in [1.165, 1.54) is 6.92 Å². The van der Waals surface area contributed by atoms with Crippen molar-refractivity contribution in [2.24, 2.45) is 0 Å². The minimum absolute atomic E-state index is 0.0483. The Morgan fingerprint density at radius 3 is 2.73 bits per heavy atom. The monoisotopic (exact) mass is 237 g/mol. The van der Waals surface area contributed by atoms with Crippen LogP contribution in [0.15, 0.2) is 0 Å². The molecule has 0 bridgehead atoms. The SMILES string of the molecule is CC(=O)NC1(S)CC(O)C(O)C(CO)O1. The third kappa shape index (κ3) is 3.05. The summed E-state index contributed by atoms with van der Waals surface area (Å²) in [5, 5.41) is 28.9. The first kappa shape index (κ1) is 12.7. The molecule has 4 atom stereocenters. The summed E-state index contributed by atoms with van der Waals surface area (Å²) in [7, 11) is 0. The van der Waals surface area contributed by atoms with Gasteiger partial charge < -0.3 is 25.4 Å². The van der Waals surface area contributed by atoms with Gasteiger partial charge in [0.1, 0.15) is 12.2 Å². The van der Waals surface area contributed by atoms with Gasteiger partial charge in [-0.15, -0.1) is 12.6 Å². The smallest absolute Gasteiger partial charge is 0.219 e. The van der Waals surface area contributed by atoms with Gasteiger partial charge in [-0.25, -0.2) is 0 Å². The first-order chi connectivity index (χ1) is 6.88. The molecule has 0 spiro atoms. The zero-order valence-electron chi connectivity index (χ0n) is 8.25. The van der Waals surface area contributed by atoms with E-state index >= 15 is 0 Å². The molecule has 1 fully saturated rings. The number of carbonyl (C=O) groups is 1. The first-order valence-electron chi connectivity index (χ1n) is 4.54. The fraction of sp³-hybridized carbons (Fsp3) is 0.875. The summed E-state index contributed by atoms with van der Waals surface area (Å²) in [4.78, 5) is 10.9. The molecule has 1 heterocycles. The van der Waals surface area contributed by atoms with Gasteiger partial charge in [0.05, 0.1) is 12.7 Å². The molecule has 0 aromatic rings. The third-order valence-corrected chi connectivity index (χ3v) is 2.56. The second kappa shape index (κ2) is 4.67. The Kier molecular flexibility index (Phi) is 3.96. The Morgan fingerprint density at radius 1 is 1.67 bits per heavy atom. The molecular formula is C8H15NO5S. The van der Waals surface area contributed by atoms with Crippen LogP contribution in [-0.2, 0) is 9.53 Å². The summed E-state index contributed by atoms with van der Waals surface area (Å²) in [5.41, 5.74) is 0. The molecule has 4 unspecified atom stereocenters. The molecule has 4 N–H and O–H groups in total. The van der Waals surface area contributed by atoms with Crippen LogP contribution in [-0.4, -0.2) is 51.2 Å². The van der Waals surface area contributed by atoms with Crippen LogP contribution in [0.1, 0.15) is 13.3 Å². The van der Waals surface area contributed by atoms with Gasteiger partial charge in [0, 0.05) is 13.3 Å². The summed E-state index contributed by atoms with van der Waals surface area (Å²) in [6.45, 7) is 0.826. The average Bonchev–Trinajstić information content (AvgIpc) is 2.09. The fourth-order valence-electron chi connectivity index (χ4n) is 1.52. The standard InChI is InChI=1S/C8H15NO5S/c1-4(11)9-8(15)2-5(12)7(13)6(3-10)14-8/h5-7,10,12-13,15H,2-3H2,1H3,(H,9,11). The second-order valence-electron chi connectivity index (χ2n) is 3.57. The van der Waals surface area contributed by atoms with E-state index in [9.17, 15) is 15.0 Å². The van der Waals surface area contributed by atoms with Crippen molar-refractivity contribution in [2.75, 3.05) is 6.61 Å². The van der Waals surface area contributed by atoms with Gasteiger partial charge in [-0.1, -0.05) is 0 Å². The van der Waals surface area contributed by atoms with Crippen molar-refractivity contribution in [1.82, 2.24) is 5.32 Å². The number of amides is 1. The molecule has 1 aliphatic rings. The number of ether oxygens (including phenoxy) is 1. The molecule has 1 aliphatic heterocycles. The molecule has 0 aromatic carbocycles. The highest BCUT2D eigenvalue weighted by molar-refractivity contribution is 7.81. The number of rotatable bonds is 2. The minimum atomic E-state index is -1.35. The Bertz CT molecular complexity index is 251. The van der Waals surface area contributed by atoms with Crippen molar-refractivity contribution < 1.29 is 24.9 Å². The van der Waals surface area contributed by atoms with Gasteiger partial charge in [0.25, 0.3) is 0 Å². The van der Waals surface area contributed by atoms with Crippen LogP contribution in [0, 0.1) is 0 Å². The van der Waals surface area contributed by atoms with Crippen LogP contribution in [0.3, 0.4) is 0 Å². The molecule has 0 radical (unpaired) electrons. The number of aliphatic hydroxyl groups excluding tert-OH is 3. The zero-order valence-corrected chi connectivity index (χ0v) is 9.15. The van der Waals surface area contributed by atoms with E-state index in [0.717, 1.165) is 0 Å². The normalized spacial score (nSPS) is 41.3. The molecule has 0 aliphatic carbocycles. The largest absolute Gasteiger partial charge is 0.394 e. The maximum Gasteiger partial charge on any atom is 0.219 e. The molecular weight excluding hydrogens is 222 g/mol. The first-order valence-corrected chi connectivity index (χ1v) is 4.98. The molecule has 1 rings (SSSR count). The number of thiol groups is 1. The third-order valence-electron chi connectivity index (χ3n) is 2.16. The minimum Gasteiger partial charge on any atom is -0.394 e. The lowest BCUT2D eigenvalue weighted by Gasteiger charge is -2.42. The van der Waals surface area contributed by atoms with E-state index in [1.807, 2.05) is 0 Å². The molecule has 1 amide bonds. The van der Waals surface area contributed by atoms with Crippen LogP contribution >= 0.6 is 12.6 Å². The van der Waals surface area contributed by atoms with Crippen molar-refractivity contribution in [2.45, 2.75) is 36.7 Å². The van der Waals surface area contributed by atoms with Crippen molar-refractivity contribution in [1.29, 1.82) is 0 Å². The number of carbonyl (C=O) groups excluding carboxylic acids is 1. The van der Waals surface area contributed by atoms with Crippen molar-refractivity contribution >= 4 is 18.5 Å². The Morgan fingerprint density at radius 2 is 2.27 bits per heavy atom. The highest BCUT2D eigenvalue weighted by Crippen LogP contribution is 2.30. The van der Waals surface area contributed by atoms with Gasteiger partial charge in [0.2, 0.25) is 5.91 Å². The van der Waals surface area contributed by atoms with E-state index in [1.54, 1.807) is 0 Å². The van der Waals surface area contributed by atoms with Crippen LogP contribution in [0.4, 0.5) is 0 Å². The molecule has 0 saturated carbocycles. The van der Waals surface area contributed by atoms with E-state index in [4.69, 9.17) is 9.84 Å². The van der Waals surface area contributed by atoms with Crippen LogP contribution < -0.4 is 5.32 Å². The fourth-order valence-corrected chi connectivity index (χ4v) is 2.00. The topological polar surface area (TPSA) is 99.0 Å². The molecule has 7 heteroatoms. The summed E-state index contributed by atoms with van der Waals surface area (Å²) in [6.07, 6.45) is -3.28. The van der Waals surface area contributed by atoms with Gasteiger partial charge >= 0.3 is 0 Å². The predicted molar refractivity (Wildman–Crippen MR) is 54.1 cm³/mol. The average molecular weight is 237 g/mol. The van der Waals surface area contributed by atoms with Gasteiger partial charge in [-0.2, -0.15) is 0 Å². The summed E-state index contributed by atoms with van der Waals surface area (Å²) in [6, 6.07) is 0. The van der Waals surface area contributed by atoms with Gasteiger partial charge in [-0.3, -0.25) is 4.79 Å². The summed E-state index contributed by atoms with van der Waals surface area (Å²) in [5.74, 6) is -0.370. The number of hydrogen-bond acceptors (Lipinski definition) is 6. The maximum atomic E-state index is 10.9. The van der Waals surface area contributed by atoms with Crippen molar-refractivity contribution in [3.05, 3.63) is 0 Å². The highest BCUT2D eigenvalue weighted by atomic mass is 32.1. The lowest BCUT2D eigenvalue weighted by Crippen LogP contribution is -2.59. The van der Waals surface area contributed by atoms with Crippen LogP contribution in [0.25, 0.3) is 0 Å². The highest BCUT2D eigenvalue weighted by Gasteiger charge is 2.44. The Labute approximate surface area is 92.7 Å². The number of nitrogens with one attached hydrogen (secondary N) is 1. The number of hydrogen-bond donors (Lipinski definition) is 5. The van der Waals surface area contributed by atoms with Gasteiger partial charge in [-0.05, 0) is 0 Å². The molecule has 15 heavy (non-hydrogen) atoms. The molecule has 1 saturated heterocycles. The Hall–Kier alpha value is -0.340. The lowest BCUT2D eigenvalue weighted by molar-refractivity contribution is -0.200. The molecule has 6 nitrogen and oxygen atoms in total. The van der Waals surface area contributed by atoms with E-state index in [0.29, 0.717) is 0 Å². The van der Waals surface area contributed by atoms with Crippen molar-refractivity contribution in [3.63, 3.8) is 0 Å². The predicted octanol–water partition coefficient (Wildman–Crippen LogP) is -1.79.